The van der Waals surface area contributed by atoms with Crippen molar-refractivity contribution in [2.24, 2.45) is 0 Å². The van der Waals surface area contributed by atoms with Gasteiger partial charge in [0.2, 0.25) is 0 Å². The Balaban J connectivity index is 2.72. The van der Waals surface area contributed by atoms with Gasteiger partial charge >= 0.3 is 0 Å². The molecule has 0 fully saturated rings. The van der Waals surface area contributed by atoms with E-state index in [1.165, 1.54) is 5.56 Å². The molecule has 1 aromatic rings. The summed E-state index contributed by atoms with van der Waals surface area (Å²) in [5.74, 6) is 0.951. The Labute approximate surface area is 92.6 Å². The van der Waals surface area contributed by atoms with Crippen LogP contribution >= 0.6 is 0 Å². The Morgan fingerprint density at radius 1 is 1.20 bits per heavy atom. The third-order valence-corrected chi connectivity index (χ3v) is 2.67. The van der Waals surface area contributed by atoms with Crippen molar-refractivity contribution in [2.45, 2.75) is 32.7 Å². The Morgan fingerprint density at radius 3 is 2.27 bits per heavy atom. The highest BCUT2D eigenvalue weighted by atomic mass is 16.5. The van der Waals surface area contributed by atoms with Crippen molar-refractivity contribution in [3.63, 3.8) is 0 Å². The number of nitrogens with one attached hydrogen (secondary N) is 1. The lowest BCUT2D eigenvalue weighted by Crippen LogP contribution is -2.32. The van der Waals surface area contributed by atoms with E-state index in [1.54, 1.807) is 0 Å². The molecule has 1 N–H and O–H groups in total. The summed E-state index contributed by atoms with van der Waals surface area (Å²) in [6, 6.07) is 8.29. The van der Waals surface area contributed by atoms with Gasteiger partial charge in [-0.15, -0.1) is 0 Å². The zero-order valence-corrected chi connectivity index (χ0v) is 10.1. The molecule has 0 bridgehead atoms. The summed E-state index contributed by atoms with van der Waals surface area (Å²) in [6.45, 7) is 7.22. The van der Waals surface area contributed by atoms with E-state index in [4.69, 9.17) is 4.74 Å². The summed E-state index contributed by atoms with van der Waals surface area (Å²) in [7, 11) is 1.97. The average Bonchev–Trinajstić information content (AvgIpc) is 2.27. The lowest BCUT2D eigenvalue weighted by Gasteiger charge is -2.24. The average molecular weight is 207 g/mol. The van der Waals surface area contributed by atoms with E-state index in [9.17, 15) is 0 Å². The van der Waals surface area contributed by atoms with Gasteiger partial charge in [0.15, 0.2) is 0 Å². The zero-order valence-electron chi connectivity index (χ0n) is 10.1. The first-order chi connectivity index (χ1) is 7.10. The molecule has 0 aliphatic heterocycles. The van der Waals surface area contributed by atoms with Gasteiger partial charge in [-0.2, -0.15) is 0 Å². The van der Waals surface area contributed by atoms with Crippen LogP contribution in [0.2, 0.25) is 0 Å². The third-order valence-electron chi connectivity index (χ3n) is 2.67. The van der Waals surface area contributed by atoms with Crippen LogP contribution in [0.4, 0.5) is 0 Å². The SMILES string of the molecule is CCCOc1ccc(C(C)(C)NC)cc1. The fraction of sp³-hybridized carbons (Fsp3) is 0.538. The van der Waals surface area contributed by atoms with Gasteiger partial charge in [0.25, 0.3) is 0 Å². The molecule has 1 rings (SSSR count). The summed E-state index contributed by atoms with van der Waals surface area (Å²) in [4.78, 5) is 0. The maximum atomic E-state index is 5.54. The molecule has 2 nitrogen and oxygen atoms in total. The van der Waals surface area contributed by atoms with E-state index < -0.39 is 0 Å². The highest BCUT2D eigenvalue weighted by Crippen LogP contribution is 2.22. The number of hydrogen-bond donors (Lipinski definition) is 1. The molecule has 0 aliphatic carbocycles. The second-order valence-corrected chi connectivity index (χ2v) is 4.25. The Hall–Kier alpha value is -1.02. The first kappa shape index (κ1) is 12.1. The lowest BCUT2D eigenvalue weighted by atomic mass is 9.95. The smallest absolute Gasteiger partial charge is 0.119 e. The molecule has 0 saturated carbocycles. The minimum Gasteiger partial charge on any atom is -0.494 e. The molecule has 0 amide bonds. The minimum atomic E-state index is 0.0171. The maximum Gasteiger partial charge on any atom is 0.119 e. The van der Waals surface area contributed by atoms with Crippen LogP contribution in [-0.4, -0.2) is 13.7 Å². The Bertz CT molecular complexity index is 290. The van der Waals surface area contributed by atoms with Crippen molar-refractivity contribution < 1.29 is 4.74 Å². The van der Waals surface area contributed by atoms with Gasteiger partial charge in [-0.05, 0) is 45.0 Å². The van der Waals surface area contributed by atoms with Crippen LogP contribution in [0.1, 0.15) is 32.8 Å². The van der Waals surface area contributed by atoms with Crippen LogP contribution in [0.15, 0.2) is 24.3 Å². The van der Waals surface area contributed by atoms with Crippen LogP contribution in [0.5, 0.6) is 5.75 Å². The predicted octanol–water partition coefficient (Wildman–Crippen LogP) is 2.93. The van der Waals surface area contributed by atoms with Crippen LogP contribution in [0.25, 0.3) is 0 Å². The molecular formula is C13H21NO. The maximum absolute atomic E-state index is 5.54. The van der Waals surface area contributed by atoms with E-state index in [-0.39, 0.29) is 5.54 Å². The van der Waals surface area contributed by atoms with Crippen molar-refractivity contribution >= 4 is 0 Å². The van der Waals surface area contributed by atoms with Gasteiger partial charge in [-0.25, -0.2) is 0 Å². The largest absolute Gasteiger partial charge is 0.494 e. The highest BCUT2D eigenvalue weighted by Gasteiger charge is 2.16. The molecule has 1 aromatic carbocycles. The van der Waals surface area contributed by atoms with Crippen LogP contribution < -0.4 is 10.1 Å². The minimum absolute atomic E-state index is 0.0171. The number of ether oxygens (including phenoxy) is 1. The van der Waals surface area contributed by atoms with Crippen LogP contribution in [0, 0.1) is 0 Å². The van der Waals surface area contributed by atoms with E-state index in [0.717, 1.165) is 18.8 Å². The molecule has 15 heavy (non-hydrogen) atoms. The normalized spacial score (nSPS) is 11.5. The molecule has 2 heteroatoms. The summed E-state index contributed by atoms with van der Waals surface area (Å²) in [5.41, 5.74) is 1.29. The van der Waals surface area contributed by atoms with Crippen LogP contribution in [0.3, 0.4) is 0 Å². The van der Waals surface area contributed by atoms with E-state index >= 15 is 0 Å². The van der Waals surface area contributed by atoms with E-state index in [0.29, 0.717) is 0 Å². The molecule has 0 atom stereocenters. The molecule has 0 saturated heterocycles. The lowest BCUT2D eigenvalue weighted by molar-refractivity contribution is 0.317. The summed E-state index contributed by atoms with van der Waals surface area (Å²) < 4.78 is 5.54. The number of rotatable bonds is 5. The molecule has 0 aromatic heterocycles. The zero-order chi connectivity index (χ0) is 11.3. The Morgan fingerprint density at radius 2 is 1.80 bits per heavy atom. The number of benzene rings is 1. The topological polar surface area (TPSA) is 21.3 Å². The fourth-order valence-electron chi connectivity index (χ4n) is 1.33. The highest BCUT2D eigenvalue weighted by molar-refractivity contribution is 5.31. The van der Waals surface area contributed by atoms with E-state index in [1.807, 2.05) is 19.2 Å². The first-order valence-corrected chi connectivity index (χ1v) is 5.52. The van der Waals surface area contributed by atoms with Crippen molar-refractivity contribution in [2.75, 3.05) is 13.7 Å². The fourth-order valence-corrected chi connectivity index (χ4v) is 1.33. The van der Waals surface area contributed by atoms with Crippen molar-refractivity contribution in [1.82, 2.24) is 5.32 Å². The summed E-state index contributed by atoms with van der Waals surface area (Å²) in [6.07, 6.45) is 1.05. The molecule has 0 unspecified atom stereocenters. The van der Waals surface area contributed by atoms with Gasteiger partial charge < -0.3 is 10.1 Å². The number of hydrogen-bond acceptors (Lipinski definition) is 2. The third kappa shape index (κ3) is 3.24. The van der Waals surface area contributed by atoms with Gasteiger partial charge in [-0.1, -0.05) is 19.1 Å². The molecule has 0 heterocycles. The second kappa shape index (κ2) is 5.17. The first-order valence-electron chi connectivity index (χ1n) is 5.52. The molecular weight excluding hydrogens is 186 g/mol. The molecule has 0 spiro atoms. The van der Waals surface area contributed by atoms with Crippen molar-refractivity contribution in [1.29, 1.82) is 0 Å². The Kier molecular flexibility index (Phi) is 4.15. The summed E-state index contributed by atoms with van der Waals surface area (Å²) in [5, 5.41) is 3.28. The quantitative estimate of drug-likeness (QED) is 0.801. The van der Waals surface area contributed by atoms with Gasteiger partial charge in [-0.3, -0.25) is 0 Å². The molecule has 0 radical (unpaired) electrons. The van der Waals surface area contributed by atoms with Crippen molar-refractivity contribution in [3.8, 4) is 5.75 Å². The molecule has 0 aliphatic rings. The van der Waals surface area contributed by atoms with Crippen LogP contribution in [-0.2, 0) is 5.54 Å². The van der Waals surface area contributed by atoms with E-state index in [2.05, 4.69) is 38.2 Å². The van der Waals surface area contributed by atoms with Gasteiger partial charge in [0, 0.05) is 5.54 Å². The monoisotopic (exact) mass is 207 g/mol. The standard InChI is InChI=1S/C13H21NO/c1-5-10-15-12-8-6-11(7-9-12)13(2,3)14-4/h6-9,14H,5,10H2,1-4H3. The predicted molar refractivity (Wildman–Crippen MR) is 64.3 cm³/mol. The van der Waals surface area contributed by atoms with Gasteiger partial charge in [0.1, 0.15) is 5.75 Å². The summed E-state index contributed by atoms with van der Waals surface area (Å²) >= 11 is 0. The van der Waals surface area contributed by atoms with Gasteiger partial charge in [0.05, 0.1) is 6.61 Å². The second-order valence-electron chi connectivity index (χ2n) is 4.25. The van der Waals surface area contributed by atoms with Crippen molar-refractivity contribution in [3.05, 3.63) is 29.8 Å². The molecule has 84 valence electrons.